The fourth-order valence-electron chi connectivity index (χ4n) is 2.94. The van der Waals surface area contributed by atoms with Crippen molar-refractivity contribution in [2.45, 2.75) is 24.4 Å². The van der Waals surface area contributed by atoms with E-state index in [1.54, 1.807) is 12.1 Å². The van der Waals surface area contributed by atoms with Crippen LogP contribution in [0.15, 0.2) is 54.6 Å². The molecule has 3 atom stereocenters. The summed E-state index contributed by atoms with van der Waals surface area (Å²) in [5, 5.41) is 19.8. The summed E-state index contributed by atoms with van der Waals surface area (Å²) in [5.74, 6) is -0.519. The molecule has 2 aromatic carbocycles. The zero-order chi connectivity index (χ0) is 18.6. The third-order valence-electron chi connectivity index (χ3n) is 4.57. The fraction of sp³-hybridized carbons (Fsp3) is 0.350. The van der Waals surface area contributed by atoms with Crippen LogP contribution >= 0.6 is 0 Å². The Morgan fingerprint density at radius 1 is 1.15 bits per heavy atom. The van der Waals surface area contributed by atoms with Crippen LogP contribution in [0.1, 0.15) is 16.8 Å². The maximum Gasteiger partial charge on any atom is 0.338 e. The number of rotatable bonds is 6. The molecule has 1 aliphatic heterocycles. The van der Waals surface area contributed by atoms with Crippen molar-refractivity contribution in [2.75, 3.05) is 20.3 Å². The van der Waals surface area contributed by atoms with Crippen molar-refractivity contribution in [1.82, 2.24) is 0 Å². The van der Waals surface area contributed by atoms with E-state index >= 15 is 0 Å². The van der Waals surface area contributed by atoms with E-state index in [0.717, 1.165) is 11.1 Å². The summed E-state index contributed by atoms with van der Waals surface area (Å²) in [5.41, 5.74) is 0.973. The van der Waals surface area contributed by atoms with Crippen molar-refractivity contribution < 1.29 is 29.2 Å². The van der Waals surface area contributed by atoms with Crippen LogP contribution in [0.2, 0.25) is 0 Å². The first-order valence-corrected chi connectivity index (χ1v) is 8.40. The van der Waals surface area contributed by atoms with E-state index < -0.39 is 30.6 Å². The first kappa shape index (κ1) is 18.5. The van der Waals surface area contributed by atoms with Crippen molar-refractivity contribution in [3.63, 3.8) is 0 Å². The summed E-state index contributed by atoms with van der Waals surface area (Å²) < 4.78 is 15.8. The van der Waals surface area contributed by atoms with Gasteiger partial charge in [0, 0.05) is 13.5 Å². The maximum absolute atomic E-state index is 12.2. The van der Waals surface area contributed by atoms with Gasteiger partial charge in [-0.3, -0.25) is 0 Å². The number of carbonyl (C=O) groups excluding carboxylic acids is 1. The molecule has 138 valence electrons. The van der Waals surface area contributed by atoms with Crippen molar-refractivity contribution in [1.29, 1.82) is 0 Å². The Hall–Kier alpha value is -2.25. The lowest BCUT2D eigenvalue weighted by molar-refractivity contribution is -0.140. The molecule has 0 bridgehead atoms. The maximum atomic E-state index is 12.2. The number of aliphatic hydroxyl groups is 2. The molecule has 0 radical (unpaired) electrons. The van der Waals surface area contributed by atoms with Gasteiger partial charge in [-0.25, -0.2) is 4.79 Å². The Balaban J connectivity index is 1.62. The van der Waals surface area contributed by atoms with E-state index in [1.807, 2.05) is 42.5 Å². The highest BCUT2D eigenvalue weighted by atomic mass is 16.7. The number of methoxy groups -OCH3 is 1. The van der Waals surface area contributed by atoms with Crippen LogP contribution in [0.5, 0.6) is 0 Å². The van der Waals surface area contributed by atoms with Crippen LogP contribution in [0, 0.1) is 0 Å². The predicted octanol–water partition coefficient (Wildman–Crippen LogP) is 2.00. The molecule has 2 aromatic rings. The molecular weight excluding hydrogens is 336 g/mol. The Morgan fingerprint density at radius 3 is 2.42 bits per heavy atom. The lowest BCUT2D eigenvalue weighted by atomic mass is 9.97. The fourth-order valence-corrected chi connectivity index (χ4v) is 2.94. The minimum absolute atomic E-state index is 0.119. The number of hydrogen-bond donors (Lipinski definition) is 2. The zero-order valence-electron chi connectivity index (χ0n) is 14.5. The average molecular weight is 358 g/mol. The van der Waals surface area contributed by atoms with E-state index in [1.165, 1.54) is 7.11 Å². The zero-order valence-corrected chi connectivity index (χ0v) is 14.5. The number of ether oxygens (including phenoxy) is 3. The van der Waals surface area contributed by atoms with Gasteiger partial charge in [-0.2, -0.15) is 0 Å². The molecule has 0 spiro atoms. The largest absolute Gasteiger partial charge is 0.459 e. The van der Waals surface area contributed by atoms with Gasteiger partial charge < -0.3 is 24.4 Å². The topological polar surface area (TPSA) is 85.2 Å². The van der Waals surface area contributed by atoms with E-state index in [0.29, 0.717) is 5.56 Å². The second kappa shape index (κ2) is 7.97. The van der Waals surface area contributed by atoms with Gasteiger partial charge in [0.05, 0.1) is 12.2 Å². The van der Waals surface area contributed by atoms with Crippen LogP contribution in [0.4, 0.5) is 0 Å². The smallest absolute Gasteiger partial charge is 0.338 e. The molecule has 1 fully saturated rings. The lowest BCUT2D eigenvalue weighted by Crippen LogP contribution is -2.44. The summed E-state index contributed by atoms with van der Waals surface area (Å²) in [6.45, 7) is -0.670. The monoisotopic (exact) mass is 358 g/mol. The Kier molecular flexibility index (Phi) is 5.68. The molecule has 0 aromatic heterocycles. The third kappa shape index (κ3) is 3.94. The number of hydrogen-bond acceptors (Lipinski definition) is 6. The van der Waals surface area contributed by atoms with Gasteiger partial charge in [-0.05, 0) is 23.3 Å². The van der Waals surface area contributed by atoms with Gasteiger partial charge in [0.25, 0.3) is 0 Å². The molecule has 3 rings (SSSR count). The second-order valence-corrected chi connectivity index (χ2v) is 6.30. The Labute approximate surface area is 151 Å². The molecule has 26 heavy (non-hydrogen) atoms. The molecule has 0 unspecified atom stereocenters. The third-order valence-corrected chi connectivity index (χ3v) is 4.57. The quantitative estimate of drug-likeness (QED) is 0.769. The molecular formula is C20H22O6. The molecule has 1 saturated heterocycles. The van der Waals surface area contributed by atoms with E-state index in [-0.39, 0.29) is 13.0 Å². The van der Waals surface area contributed by atoms with E-state index in [4.69, 9.17) is 14.2 Å². The van der Waals surface area contributed by atoms with Crippen LogP contribution in [0.3, 0.4) is 0 Å². The number of esters is 1. The molecule has 0 amide bonds. The highest BCUT2D eigenvalue weighted by molar-refractivity contribution is 5.90. The van der Waals surface area contributed by atoms with Crippen molar-refractivity contribution in [2.24, 2.45) is 0 Å². The second-order valence-electron chi connectivity index (χ2n) is 6.30. The number of carbonyl (C=O) groups is 1. The van der Waals surface area contributed by atoms with Crippen LogP contribution in [-0.4, -0.2) is 54.5 Å². The number of benzene rings is 2. The first-order valence-electron chi connectivity index (χ1n) is 8.40. The first-order chi connectivity index (χ1) is 12.6. The van der Waals surface area contributed by atoms with E-state index in [2.05, 4.69) is 0 Å². The molecule has 1 aliphatic rings. The normalized spacial score (nSPS) is 25.2. The molecule has 6 heteroatoms. The molecule has 6 nitrogen and oxygen atoms in total. The minimum Gasteiger partial charge on any atom is -0.459 e. The summed E-state index contributed by atoms with van der Waals surface area (Å²) in [6.07, 6.45) is -1.36. The highest BCUT2D eigenvalue weighted by Gasteiger charge is 2.48. The Morgan fingerprint density at radius 2 is 1.81 bits per heavy atom. The van der Waals surface area contributed by atoms with Crippen molar-refractivity contribution in [3.05, 3.63) is 60.2 Å². The predicted molar refractivity (Wildman–Crippen MR) is 94.5 cm³/mol. The van der Waals surface area contributed by atoms with Crippen LogP contribution in [0.25, 0.3) is 11.1 Å². The summed E-state index contributed by atoms with van der Waals surface area (Å²) in [6, 6.07) is 16.9. The summed E-state index contributed by atoms with van der Waals surface area (Å²) in [7, 11) is 1.45. The average Bonchev–Trinajstić information content (AvgIpc) is 3.03. The van der Waals surface area contributed by atoms with Gasteiger partial charge in [0.2, 0.25) is 0 Å². The summed E-state index contributed by atoms with van der Waals surface area (Å²) in [4.78, 5) is 12.2. The van der Waals surface area contributed by atoms with Crippen molar-refractivity contribution in [3.8, 4) is 11.1 Å². The molecule has 0 saturated carbocycles. The van der Waals surface area contributed by atoms with Gasteiger partial charge in [0.15, 0.2) is 6.29 Å². The van der Waals surface area contributed by atoms with Crippen molar-refractivity contribution >= 4 is 5.97 Å². The highest BCUT2D eigenvalue weighted by Crippen LogP contribution is 2.31. The lowest BCUT2D eigenvalue weighted by Gasteiger charge is -2.25. The molecule has 1 heterocycles. The van der Waals surface area contributed by atoms with Gasteiger partial charge in [-0.1, -0.05) is 42.5 Å². The summed E-state index contributed by atoms with van der Waals surface area (Å²) >= 11 is 0. The number of aliphatic hydroxyl groups excluding tert-OH is 1. The minimum atomic E-state index is -1.49. The molecule has 0 aliphatic carbocycles. The van der Waals surface area contributed by atoms with Crippen LogP contribution < -0.4 is 0 Å². The van der Waals surface area contributed by atoms with Gasteiger partial charge in [-0.15, -0.1) is 0 Å². The van der Waals surface area contributed by atoms with Crippen LogP contribution in [-0.2, 0) is 14.2 Å². The van der Waals surface area contributed by atoms with E-state index in [9.17, 15) is 15.0 Å². The van der Waals surface area contributed by atoms with Gasteiger partial charge >= 0.3 is 5.97 Å². The Bertz CT molecular complexity index is 730. The SMILES string of the molecule is CO[C@H]1C[C@@](O)(CO)[C@@H](COC(=O)c2ccc(-c3ccccc3)cc2)O1. The molecule has 2 N–H and O–H groups in total. The van der Waals surface area contributed by atoms with Gasteiger partial charge in [0.1, 0.15) is 18.3 Å². The standard InChI is InChI=1S/C20H22O6/c1-24-18-11-20(23,13-21)17(26-18)12-25-19(22)16-9-7-15(8-10-16)14-5-3-2-4-6-14/h2-10,17-18,21,23H,11-13H2,1H3/t17-,18-,20-/m1/s1.